The first-order valence-electron chi connectivity index (χ1n) is 6.96. The SMILES string of the molecule is CNC1CCCN(C(=O)c2cccc3nccnc23)C1.Cl. The summed E-state index contributed by atoms with van der Waals surface area (Å²) < 4.78 is 0. The molecule has 1 fully saturated rings. The number of halogens is 1. The molecule has 0 saturated carbocycles. The summed E-state index contributed by atoms with van der Waals surface area (Å²) in [7, 11) is 1.95. The van der Waals surface area contributed by atoms with Crippen LogP contribution in [0.5, 0.6) is 0 Å². The van der Waals surface area contributed by atoms with Crippen LogP contribution in [-0.4, -0.2) is 47.0 Å². The van der Waals surface area contributed by atoms with E-state index in [1.165, 1.54) is 0 Å². The van der Waals surface area contributed by atoms with Crippen molar-refractivity contribution in [1.29, 1.82) is 0 Å². The van der Waals surface area contributed by atoms with Gasteiger partial charge in [0.1, 0.15) is 5.52 Å². The van der Waals surface area contributed by atoms with Crippen LogP contribution in [0, 0.1) is 0 Å². The summed E-state index contributed by atoms with van der Waals surface area (Å²) in [6, 6.07) is 5.96. The monoisotopic (exact) mass is 306 g/mol. The molecule has 112 valence electrons. The average Bonchev–Trinajstić information content (AvgIpc) is 2.53. The number of para-hydroxylation sites is 1. The number of likely N-dealkylation sites (tertiary alicyclic amines) is 1. The molecule has 1 amide bonds. The van der Waals surface area contributed by atoms with Gasteiger partial charge in [-0.2, -0.15) is 0 Å². The zero-order valence-corrected chi connectivity index (χ0v) is 12.8. The predicted molar refractivity (Wildman–Crippen MR) is 84.8 cm³/mol. The van der Waals surface area contributed by atoms with E-state index in [1.54, 1.807) is 12.4 Å². The summed E-state index contributed by atoms with van der Waals surface area (Å²) in [4.78, 5) is 23.2. The van der Waals surface area contributed by atoms with Crippen molar-refractivity contribution in [3.8, 4) is 0 Å². The lowest BCUT2D eigenvalue weighted by Gasteiger charge is -2.32. The van der Waals surface area contributed by atoms with Crippen molar-refractivity contribution in [2.24, 2.45) is 0 Å². The van der Waals surface area contributed by atoms with Gasteiger partial charge in [-0.15, -0.1) is 12.4 Å². The lowest BCUT2D eigenvalue weighted by atomic mass is 10.0. The van der Waals surface area contributed by atoms with E-state index in [1.807, 2.05) is 30.1 Å². The van der Waals surface area contributed by atoms with Gasteiger partial charge < -0.3 is 10.2 Å². The summed E-state index contributed by atoms with van der Waals surface area (Å²) in [6.07, 6.45) is 5.43. The van der Waals surface area contributed by atoms with Crippen LogP contribution in [-0.2, 0) is 0 Å². The first-order chi connectivity index (χ1) is 9.79. The van der Waals surface area contributed by atoms with Crippen molar-refractivity contribution in [2.45, 2.75) is 18.9 Å². The summed E-state index contributed by atoms with van der Waals surface area (Å²) >= 11 is 0. The Bertz CT molecular complexity index is 629. The van der Waals surface area contributed by atoms with Gasteiger partial charge in [0.2, 0.25) is 0 Å². The topological polar surface area (TPSA) is 58.1 Å². The van der Waals surface area contributed by atoms with Crippen molar-refractivity contribution >= 4 is 29.3 Å². The average molecular weight is 307 g/mol. The minimum atomic E-state index is 0. The highest BCUT2D eigenvalue weighted by Gasteiger charge is 2.24. The van der Waals surface area contributed by atoms with Gasteiger partial charge in [-0.1, -0.05) is 6.07 Å². The number of fused-ring (bicyclic) bond motifs is 1. The standard InChI is InChI=1S/C15H18N4O.ClH/c1-16-11-4-3-9-19(10-11)15(20)12-5-2-6-13-14(12)18-8-7-17-13;/h2,5-8,11,16H,3-4,9-10H2,1H3;1H. The second kappa shape index (κ2) is 6.83. The number of hydrogen-bond acceptors (Lipinski definition) is 4. The number of aromatic nitrogens is 2. The Balaban J connectivity index is 0.00000161. The van der Waals surface area contributed by atoms with Gasteiger partial charge in [0.05, 0.1) is 11.1 Å². The molecule has 2 aromatic rings. The van der Waals surface area contributed by atoms with E-state index in [4.69, 9.17) is 0 Å². The summed E-state index contributed by atoms with van der Waals surface area (Å²) in [5.41, 5.74) is 2.10. The summed E-state index contributed by atoms with van der Waals surface area (Å²) in [5, 5.41) is 3.26. The second-order valence-electron chi connectivity index (χ2n) is 5.11. The van der Waals surface area contributed by atoms with Gasteiger partial charge in [0, 0.05) is 31.5 Å². The fourth-order valence-electron chi connectivity index (χ4n) is 2.73. The van der Waals surface area contributed by atoms with Gasteiger partial charge in [0.15, 0.2) is 0 Å². The molecule has 1 aromatic carbocycles. The number of rotatable bonds is 2. The van der Waals surface area contributed by atoms with E-state index in [0.717, 1.165) is 31.4 Å². The maximum Gasteiger partial charge on any atom is 0.256 e. The van der Waals surface area contributed by atoms with Crippen molar-refractivity contribution < 1.29 is 4.79 Å². The van der Waals surface area contributed by atoms with Crippen LogP contribution < -0.4 is 5.32 Å². The van der Waals surface area contributed by atoms with E-state index in [2.05, 4.69) is 15.3 Å². The Kier molecular flexibility index (Phi) is 5.09. The smallest absolute Gasteiger partial charge is 0.256 e. The van der Waals surface area contributed by atoms with Crippen molar-refractivity contribution in [3.05, 3.63) is 36.2 Å². The first kappa shape index (κ1) is 15.7. The molecule has 0 radical (unpaired) electrons. The highest BCUT2D eigenvalue weighted by Crippen LogP contribution is 2.18. The van der Waals surface area contributed by atoms with Gasteiger partial charge in [-0.25, -0.2) is 0 Å². The number of hydrogen-bond donors (Lipinski definition) is 1. The summed E-state index contributed by atoms with van der Waals surface area (Å²) in [5.74, 6) is 0.0519. The zero-order valence-electron chi connectivity index (χ0n) is 12.0. The van der Waals surface area contributed by atoms with Crippen molar-refractivity contribution in [2.75, 3.05) is 20.1 Å². The number of benzene rings is 1. The van der Waals surface area contributed by atoms with Crippen LogP contribution in [0.25, 0.3) is 11.0 Å². The normalized spacial score (nSPS) is 18.3. The molecule has 21 heavy (non-hydrogen) atoms. The largest absolute Gasteiger partial charge is 0.337 e. The lowest BCUT2D eigenvalue weighted by molar-refractivity contribution is 0.0700. The van der Waals surface area contributed by atoms with Crippen LogP contribution in [0.4, 0.5) is 0 Å². The Morgan fingerprint density at radius 2 is 2.14 bits per heavy atom. The molecular formula is C15H19ClN4O. The molecule has 1 aromatic heterocycles. The van der Waals surface area contributed by atoms with Crippen LogP contribution >= 0.6 is 12.4 Å². The number of amides is 1. The van der Waals surface area contributed by atoms with E-state index in [9.17, 15) is 4.79 Å². The van der Waals surface area contributed by atoms with Gasteiger partial charge >= 0.3 is 0 Å². The Labute approximate surface area is 130 Å². The highest BCUT2D eigenvalue weighted by molar-refractivity contribution is 6.04. The van der Waals surface area contributed by atoms with Gasteiger partial charge in [0.25, 0.3) is 5.91 Å². The maximum atomic E-state index is 12.7. The number of nitrogens with one attached hydrogen (secondary N) is 1. The third-order valence-corrected chi connectivity index (χ3v) is 3.85. The van der Waals surface area contributed by atoms with E-state index in [0.29, 0.717) is 17.1 Å². The van der Waals surface area contributed by atoms with E-state index < -0.39 is 0 Å². The zero-order chi connectivity index (χ0) is 13.9. The highest BCUT2D eigenvalue weighted by atomic mass is 35.5. The molecule has 2 heterocycles. The molecule has 1 aliphatic heterocycles. The Hall–Kier alpha value is -1.72. The fourth-order valence-corrected chi connectivity index (χ4v) is 2.73. The van der Waals surface area contributed by atoms with E-state index >= 15 is 0 Å². The Morgan fingerprint density at radius 3 is 2.95 bits per heavy atom. The predicted octanol–water partition coefficient (Wildman–Crippen LogP) is 1.88. The molecule has 1 saturated heterocycles. The molecule has 0 aliphatic carbocycles. The number of nitrogens with zero attached hydrogens (tertiary/aromatic N) is 3. The minimum Gasteiger partial charge on any atom is -0.337 e. The quantitative estimate of drug-likeness (QED) is 0.920. The Morgan fingerprint density at radius 1 is 1.33 bits per heavy atom. The maximum absolute atomic E-state index is 12.7. The summed E-state index contributed by atoms with van der Waals surface area (Å²) in [6.45, 7) is 1.57. The van der Waals surface area contributed by atoms with Crippen LogP contribution in [0.3, 0.4) is 0 Å². The molecule has 1 atom stereocenters. The third kappa shape index (κ3) is 3.14. The molecule has 3 rings (SSSR count). The molecule has 1 N–H and O–H groups in total. The van der Waals surface area contributed by atoms with Gasteiger partial charge in [-0.05, 0) is 32.0 Å². The van der Waals surface area contributed by atoms with Crippen LogP contribution in [0.2, 0.25) is 0 Å². The first-order valence-corrected chi connectivity index (χ1v) is 6.96. The number of carbonyl (C=O) groups is 1. The molecule has 1 unspecified atom stereocenters. The van der Waals surface area contributed by atoms with Crippen molar-refractivity contribution in [3.63, 3.8) is 0 Å². The molecule has 0 spiro atoms. The third-order valence-electron chi connectivity index (χ3n) is 3.85. The minimum absolute atomic E-state index is 0. The van der Waals surface area contributed by atoms with Crippen LogP contribution in [0.15, 0.2) is 30.6 Å². The molecular weight excluding hydrogens is 288 g/mol. The fraction of sp³-hybridized carbons (Fsp3) is 0.400. The molecule has 6 heteroatoms. The van der Waals surface area contributed by atoms with Gasteiger partial charge in [-0.3, -0.25) is 14.8 Å². The molecule has 1 aliphatic rings. The lowest BCUT2D eigenvalue weighted by Crippen LogP contribution is -2.47. The van der Waals surface area contributed by atoms with E-state index in [-0.39, 0.29) is 18.3 Å². The number of piperidine rings is 1. The number of carbonyl (C=O) groups excluding carboxylic acids is 1. The molecule has 0 bridgehead atoms. The second-order valence-corrected chi connectivity index (χ2v) is 5.11. The van der Waals surface area contributed by atoms with Crippen LogP contribution in [0.1, 0.15) is 23.2 Å². The van der Waals surface area contributed by atoms with Crippen molar-refractivity contribution in [1.82, 2.24) is 20.2 Å². The molecule has 5 nitrogen and oxygen atoms in total. The number of likely N-dealkylation sites (N-methyl/N-ethyl adjacent to an activating group) is 1.